The van der Waals surface area contributed by atoms with Crippen LogP contribution in [0.2, 0.25) is 0 Å². The van der Waals surface area contributed by atoms with E-state index in [0.29, 0.717) is 18.5 Å². The highest BCUT2D eigenvalue weighted by atomic mass is 19.4. The first kappa shape index (κ1) is 26.9. The summed E-state index contributed by atoms with van der Waals surface area (Å²) in [7, 11) is 2.16. The van der Waals surface area contributed by atoms with Gasteiger partial charge in [0.2, 0.25) is 5.95 Å². The molecule has 38 heavy (non-hydrogen) atoms. The molecular weight excluding hydrogens is 493 g/mol. The lowest BCUT2D eigenvalue weighted by Crippen LogP contribution is -2.43. The second-order valence-corrected chi connectivity index (χ2v) is 11.2. The maximum absolute atomic E-state index is 12.6. The number of aliphatic hydroxyl groups is 1. The van der Waals surface area contributed by atoms with Crippen LogP contribution in [-0.2, 0) is 6.54 Å². The van der Waals surface area contributed by atoms with E-state index in [9.17, 15) is 18.3 Å². The summed E-state index contributed by atoms with van der Waals surface area (Å²) in [6.45, 7) is 6.82. The van der Waals surface area contributed by atoms with Gasteiger partial charge in [0.1, 0.15) is 5.65 Å². The highest BCUT2D eigenvalue weighted by molar-refractivity contribution is 5.94. The largest absolute Gasteiger partial charge is 0.390 e. The van der Waals surface area contributed by atoms with E-state index in [0.717, 1.165) is 62.1 Å². The second-order valence-electron chi connectivity index (χ2n) is 11.2. The zero-order chi connectivity index (χ0) is 26.9. The summed E-state index contributed by atoms with van der Waals surface area (Å²) in [5.74, 6) is 0.193. The van der Waals surface area contributed by atoms with Gasteiger partial charge in [-0.2, -0.15) is 18.2 Å². The molecule has 0 amide bonds. The zero-order valence-corrected chi connectivity index (χ0v) is 22.1. The van der Waals surface area contributed by atoms with Gasteiger partial charge in [-0.05, 0) is 50.8 Å². The lowest BCUT2D eigenvalue weighted by molar-refractivity contribution is -0.131. The van der Waals surface area contributed by atoms with Crippen LogP contribution in [0.15, 0.2) is 36.7 Å². The number of alkyl halides is 3. The first-order chi connectivity index (χ1) is 18.1. The molecular formula is C28H37F3N6O. The summed E-state index contributed by atoms with van der Waals surface area (Å²) in [6, 6.07) is 8.75. The highest BCUT2D eigenvalue weighted by Crippen LogP contribution is 2.39. The summed E-state index contributed by atoms with van der Waals surface area (Å²) in [4.78, 5) is 13.8. The predicted octanol–water partition coefficient (Wildman–Crippen LogP) is 5.08. The van der Waals surface area contributed by atoms with Crippen molar-refractivity contribution in [2.45, 2.75) is 63.4 Å². The van der Waals surface area contributed by atoms with E-state index < -0.39 is 18.2 Å². The van der Waals surface area contributed by atoms with Crippen molar-refractivity contribution in [1.29, 1.82) is 0 Å². The van der Waals surface area contributed by atoms with Gasteiger partial charge in [0.25, 0.3) is 0 Å². The van der Waals surface area contributed by atoms with Gasteiger partial charge < -0.3 is 19.9 Å². The zero-order valence-electron chi connectivity index (χ0n) is 22.1. The van der Waals surface area contributed by atoms with E-state index in [1.807, 2.05) is 6.92 Å². The Morgan fingerprint density at radius 2 is 1.76 bits per heavy atom. The van der Waals surface area contributed by atoms with Gasteiger partial charge in [0.15, 0.2) is 0 Å². The third-order valence-corrected chi connectivity index (χ3v) is 7.96. The van der Waals surface area contributed by atoms with Crippen molar-refractivity contribution in [2.24, 2.45) is 0 Å². The van der Waals surface area contributed by atoms with Gasteiger partial charge in [0, 0.05) is 68.7 Å². The molecule has 3 heterocycles. The van der Waals surface area contributed by atoms with Crippen molar-refractivity contribution in [3.8, 4) is 11.1 Å². The lowest BCUT2D eigenvalue weighted by atomic mass is 9.83. The molecule has 0 spiro atoms. The van der Waals surface area contributed by atoms with Crippen molar-refractivity contribution in [2.75, 3.05) is 45.1 Å². The van der Waals surface area contributed by atoms with Gasteiger partial charge in [-0.25, -0.2) is 4.98 Å². The summed E-state index contributed by atoms with van der Waals surface area (Å²) in [5, 5.41) is 14.1. The van der Waals surface area contributed by atoms with Crippen molar-refractivity contribution < 1.29 is 18.3 Å². The maximum atomic E-state index is 12.6. The first-order valence-electron chi connectivity index (χ1n) is 13.5. The Morgan fingerprint density at radius 3 is 2.42 bits per heavy atom. The monoisotopic (exact) mass is 530 g/mol. The molecule has 3 aromatic rings. The molecule has 0 unspecified atom stereocenters. The van der Waals surface area contributed by atoms with Gasteiger partial charge in [0.05, 0.1) is 12.0 Å². The lowest BCUT2D eigenvalue weighted by Gasteiger charge is -2.34. The SMILES string of the molecule is CN1CCN(Cc2ccc(-c3cn(C4CCC(C)(O)CC4)c4nc(NCCC(F)(F)F)ncc34)cc2)CC1. The Kier molecular flexibility index (Phi) is 7.66. The van der Waals surface area contributed by atoms with E-state index in [-0.39, 0.29) is 18.5 Å². The number of aromatic nitrogens is 3. The third kappa shape index (κ3) is 6.47. The number of nitrogens with one attached hydrogen (secondary N) is 1. The summed E-state index contributed by atoms with van der Waals surface area (Å²) < 4.78 is 40.0. The Labute approximate surface area is 221 Å². The molecule has 5 rings (SSSR count). The first-order valence-corrected chi connectivity index (χ1v) is 13.5. The van der Waals surface area contributed by atoms with Crippen LogP contribution in [0.5, 0.6) is 0 Å². The van der Waals surface area contributed by atoms with Crippen LogP contribution in [-0.4, -0.2) is 81.0 Å². The molecule has 2 fully saturated rings. The number of nitrogens with zero attached hydrogens (tertiary/aromatic N) is 5. The molecule has 1 aromatic carbocycles. The number of halogens is 3. The molecule has 0 atom stereocenters. The summed E-state index contributed by atoms with van der Waals surface area (Å²) in [5.41, 5.74) is 3.37. The van der Waals surface area contributed by atoms with Crippen LogP contribution in [0.4, 0.5) is 19.1 Å². The van der Waals surface area contributed by atoms with E-state index in [1.165, 1.54) is 5.56 Å². The maximum Gasteiger partial charge on any atom is 0.390 e. The van der Waals surface area contributed by atoms with E-state index in [2.05, 4.69) is 67.2 Å². The van der Waals surface area contributed by atoms with Crippen LogP contribution in [0.1, 0.15) is 50.6 Å². The van der Waals surface area contributed by atoms with Crippen LogP contribution in [0.3, 0.4) is 0 Å². The molecule has 2 N–H and O–H groups in total. The third-order valence-electron chi connectivity index (χ3n) is 7.96. The van der Waals surface area contributed by atoms with Crippen molar-refractivity contribution in [3.63, 3.8) is 0 Å². The molecule has 1 saturated heterocycles. The molecule has 206 valence electrons. The Morgan fingerprint density at radius 1 is 1.08 bits per heavy atom. The van der Waals surface area contributed by atoms with E-state index in [1.54, 1.807) is 6.20 Å². The van der Waals surface area contributed by atoms with E-state index >= 15 is 0 Å². The number of likely N-dealkylation sites (N-methyl/N-ethyl adjacent to an activating group) is 1. The van der Waals surface area contributed by atoms with Crippen molar-refractivity contribution in [3.05, 3.63) is 42.2 Å². The normalized spacial score (nSPS) is 23.7. The Hall–Kier alpha value is -2.69. The van der Waals surface area contributed by atoms with Crippen LogP contribution >= 0.6 is 0 Å². The van der Waals surface area contributed by atoms with Crippen LogP contribution < -0.4 is 5.32 Å². The van der Waals surface area contributed by atoms with E-state index in [4.69, 9.17) is 0 Å². The standard InChI is InChI=1S/C28H37F3N6O/c1-27(38)9-7-22(8-10-27)37-19-24(23-17-33-26(34-25(23)37)32-12-11-28(29,30)31)21-5-3-20(4-6-21)18-36-15-13-35(2)14-16-36/h3-6,17,19,22,38H,7-16,18H2,1-2H3,(H,32,33,34). The molecule has 0 bridgehead atoms. The quantitative estimate of drug-likeness (QED) is 0.444. The molecule has 7 nitrogen and oxygen atoms in total. The number of fused-ring (bicyclic) bond motifs is 1. The molecule has 1 saturated carbocycles. The van der Waals surface area contributed by atoms with Crippen molar-refractivity contribution in [1.82, 2.24) is 24.3 Å². The second kappa shape index (κ2) is 10.8. The van der Waals surface area contributed by atoms with Gasteiger partial charge >= 0.3 is 6.18 Å². The number of hydrogen-bond acceptors (Lipinski definition) is 6. The summed E-state index contributed by atoms with van der Waals surface area (Å²) in [6.07, 6.45) is 1.62. The Bertz CT molecular complexity index is 1220. The average molecular weight is 531 g/mol. The van der Waals surface area contributed by atoms with Crippen LogP contribution in [0.25, 0.3) is 22.2 Å². The number of hydrogen-bond donors (Lipinski definition) is 2. The molecule has 1 aliphatic carbocycles. The Balaban J connectivity index is 1.41. The topological polar surface area (TPSA) is 69.5 Å². The molecule has 1 aliphatic heterocycles. The molecule has 2 aromatic heterocycles. The van der Waals surface area contributed by atoms with Gasteiger partial charge in [-0.1, -0.05) is 24.3 Å². The minimum Gasteiger partial charge on any atom is -0.390 e. The fraction of sp³-hybridized carbons (Fsp3) is 0.571. The van der Waals surface area contributed by atoms with Gasteiger partial charge in [-0.15, -0.1) is 0 Å². The minimum atomic E-state index is -4.24. The van der Waals surface area contributed by atoms with Crippen LogP contribution in [0, 0.1) is 0 Å². The fourth-order valence-electron chi connectivity index (χ4n) is 5.50. The highest BCUT2D eigenvalue weighted by Gasteiger charge is 2.31. The number of anilines is 1. The number of piperazine rings is 1. The molecule has 0 radical (unpaired) electrons. The smallest absolute Gasteiger partial charge is 0.390 e. The number of benzene rings is 1. The van der Waals surface area contributed by atoms with Gasteiger partial charge in [-0.3, -0.25) is 4.90 Å². The summed E-state index contributed by atoms with van der Waals surface area (Å²) >= 11 is 0. The number of rotatable bonds is 7. The molecule has 10 heteroatoms. The molecule has 2 aliphatic rings. The fourth-order valence-corrected chi connectivity index (χ4v) is 5.50. The van der Waals surface area contributed by atoms with Crippen molar-refractivity contribution >= 4 is 17.0 Å². The average Bonchev–Trinajstić information content (AvgIpc) is 3.24. The predicted molar refractivity (Wildman–Crippen MR) is 143 cm³/mol. The minimum absolute atomic E-state index is 0.154.